The zero-order valence-electron chi connectivity index (χ0n) is 21.9. The number of aromatic nitrogens is 1. The van der Waals surface area contributed by atoms with E-state index in [1.165, 1.54) is 63.5 Å². The number of hydrogen-bond acceptors (Lipinski definition) is 2. The van der Waals surface area contributed by atoms with E-state index in [2.05, 4.69) is 126 Å². The molecule has 3 heteroatoms. The number of thiophene rings is 1. The van der Waals surface area contributed by atoms with Crippen molar-refractivity contribution in [2.45, 2.75) is 0 Å². The average Bonchev–Trinajstić information content (AvgIpc) is 3.70. The second-order valence-corrected chi connectivity index (χ2v) is 11.9. The molecule has 0 saturated carbocycles. The van der Waals surface area contributed by atoms with Crippen molar-refractivity contribution in [1.29, 1.82) is 0 Å². The first kappa shape index (κ1) is 21.7. The van der Waals surface area contributed by atoms with Crippen LogP contribution in [0.4, 0.5) is 0 Å². The van der Waals surface area contributed by atoms with Gasteiger partial charge in [0.15, 0.2) is 0 Å². The molecule has 0 saturated heterocycles. The lowest BCUT2D eigenvalue weighted by Crippen LogP contribution is -1.94. The maximum absolute atomic E-state index is 6.40. The van der Waals surface area contributed by atoms with Crippen molar-refractivity contribution in [2.24, 2.45) is 0 Å². The number of furan rings is 1. The van der Waals surface area contributed by atoms with Gasteiger partial charge in [-0.2, -0.15) is 0 Å². The highest BCUT2D eigenvalue weighted by molar-refractivity contribution is 7.27. The third-order valence-electron chi connectivity index (χ3n) is 8.75. The Balaban J connectivity index is 1.50. The fourth-order valence-corrected chi connectivity index (χ4v) is 8.31. The van der Waals surface area contributed by atoms with Gasteiger partial charge in [0.2, 0.25) is 0 Å². The van der Waals surface area contributed by atoms with Crippen LogP contribution < -0.4 is 0 Å². The van der Waals surface area contributed by atoms with Crippen molar-refractivity contribution < 1.29 is 4.42 Å². The molecule has 2 nitrogen and oxygen atoms in total. The van der Waals surface area contributed by atoms with E-state index < -0.39 is 0 Å². The van der Waals surface area contributed by atoms with Crippen LogP contribution in [0.5, 0.6) is 0 Å². The second-order valence-electron chi connectivity index (χ2n) is 10.9. The highest BCUT2D eigenvalue weighted by atomic mass is 32.1. The van der Waals surface area contributed by atoms with E-state index in [0.29, 0.717) is 0 Å². The molecule has 0 fully saturated rings. The van der Waals surface area contributed by atoms with Crippen LogP contribution in [0, 0.1) is 0 Å². The summed E-state index contributed by atoms with van der Waals surface area (Å²) < 4.78 is 11.5. The number of fused-ring (bicyclic) bond motifs is 15. The maximum atomic E-state index is 6.40. The van der Waals surface area contributed by atoms with Gasteiger partial charge in [-0.1, -0.05) is 97.1 Å². The molecule has 0 radical (unpaired) electrons. The lowest BCUT2D eigenvalue weighted by molar-refractivity contribution is 0.668. The fourth-order valence-electron chi connectivity index (χ4n) is 7.05. The summed E-state index contributed by atoms with van der Waals surface area (Å²) in [5, 5.41) is 12.6. The van der Waals surface area contributed by atoms with Crippen LogP contribution in [0.1, 0.15) is 0 Å². The van der Waals surface area contributed by atoms with Crippen LogP contribution in [0.3, 0.4) is 0 Å². The number of nitrogens with zero attached hydrogens (tertiary/aromatic N) is 1. The van der Waals surface area contributed by atoms with Crippen LogP contribution in [0.15, 0.2) is 132 Å². The molecule has 0 unspecified atom stereocenters. The van der Waals surface area contributed by atoms with E-state index in [4.69, 9.17) is 4.42 Å². The highest BCUT2D eigenvalue weighted by Crippen LogP contribution is 2.49. The predicted octanol–water partition coefficient (Wildman–Crippen LogP) is 11.4. The maximum Gasteiger partial charge on any atom is 0.137 e. The molecule has 3 aromatic heterocycles. The summed E-state index contributed by atoms with van der Waals surface area (Å²) in [6, 6.07) is 46.1. The van der Waals surface area contributed by atoms with Crippen molar-refractivity contribution in [3.63, 3.8) is 0 Å². The van der Waals surface area contributed by atoms with Crippen molar-refractivity contribution in [3.8, 4) is 5.69 Å². The van der Waals surface area contributed by atoms with Gasteiger partial charge in [0.25, 0.3) is 0 Å². The molecule has 0 atom stereocenters. The van der Waals surface area contributed by atoms with E-state index in [0.717, 1.165) is 27.6 Å². The van der Waals surface area contributed by atoms with Crippen LogP contribution in [0.25, 0.3) is 91.1 Å². The van der Waals surface area contributed by atoms with Crippen LogP contribution in [0.2, 0.25) is 0 Å². The van der Waals surface area contributed by atoms with Crippen molar-refractivity contribution in [1.82, 2.24) is 4.57 Å². The van der Waals surface area contributed by atoms with Gasteiger partial charge in [-0.15, -0.1) is 11.3 Å². The third kappa shape index (κ3) is 2.76. The Morgan fingerprint density at radius 2 is 1.12 bits per heavy atom. The monoisotopic (exact) mass is 539 g/mol. The molecule has 41 heavy (non-hydrogen) atoms. The van der Waals surface area contributed by atoms with E-state index >= 15 is 0 Å². The topological polar surface area (TPSA) is 18.1 Å². The quantitative estimate of drug-likeness (QED) is 0.203. The van der Waals surface area contributed by atoms with Gasteiger partial charge < -0.3 is 8.98 Å². The number of hydrogen-bond donors (Lipinski definition) is 0. The SMILES string of the molecule is c1ccc2c(c1)ccc1c3c4ccccc4c4c5ccccc5sc4c3n(-c3ccc4c(c3)oc3ccccc34)c21. The third-order valence-corrected chi connectivity index (χ3v) is 9.93. The summed E-state index contributed by atoms with van der Waals surface area (Å²) in [6.45, 7) is 0. The van der Waals surface area contributed by atoms with Gasteiger partial charge in [-0.25, -0.2) is 0 Å². The van der Waals surface area contributed by atoms with Crippen molar-refractivity contribution in [3.05, 3.63) is 127 Å². The Hall–Kier alpha value is -5.12. The normalized spacial score (nSPS) is 12.4. The fraction of sp³-hybridized carbons (Fsp3) is 0. The lowest BCUT2D eigenvalue weighted by atomic mass is 9.98. The molecule has 10 rings (SSSR count). The van der Waals surface area contributed by atoms with E-state index in [-0.39, 0.29) is 0 Å². The van der Waals surface area contributed by atoms with Gasteiger partial charge in [0.05, 0.1) is 21.4 Å². The van der Waals surface area contributed by atoms with Crippen LogP contribution >= 0.6 is 11.3 Å². The largest absolute Gasteiger partial charge is 0.456 e. The molecular formula is C38H21NOS. The first-order valence-electron chi connectivity index (χ1n) is 13.9. The molecule has 0 spiro atoms. The predicted molar refractivity (Wildman–Crippen MR) is 176 cm³/mol. The molecule has 0 N–H and O–H groups in total. The van der Waals surface area contributed by atoms with Crippen LogP contribution in [-0.2, 0) is 0 Å². The zero-order chi connectivity index (χ0) is 26.7. The summed E-state index contributed by atoms with van der Waals surface area (Å²) in [5.74, 6) is 0. The Labute approximate surface area is 238 Å². The Kier molecular flexibility index (Phi) is 4.10. The number of benzene rings is 7. The molecule has 0 amide bonds. The lowest BCUT2D eigenvalue weighted by Gasteiger charge is -2.11. The average molecular weight is 540 g/mol. The van der Waals surface area contributed by atoms with Gasteiger partial charge in [0, 0.05) is 48.5 Å². The minimum atomic E-state index is 0.910. The zero-order valence-corrected chi connectivity index (χ0v) is 22.7. The molecule has 7 aromatic carbocycles. The summed E-state index contributed by atoms with van der Waals surface area (Å²) in [7, 11) is 0. The molecule has 0 aliphatic rings. The van der Waals surface area contributed by atoms with Gasteiger partial charge in [-0.05, 0) is 40.4 Å². The summed E-state index contributed by atoms with van der Waals surface area (Å²) >= 11 is 1.90. The molecule has 0 aliphatic carbocycles. The molecule has 0 bridgehead atoms. The second kappa shape index (κ2) is 7.75. The minimum absolute atomic E-state index is 0.910. The summed E-state index contributed by atoms with van der Waals surface area (Å²) in [4.78, 5) is 0. The highest BCUT2D eigenvalue weighted by Gasteiger charge is 2.23. The molecular weight excluding hydrogens is 518 g/mol. The van der Waals surface area contributed by atoms with E-state index in [9.17, 15) is 0 Å². The van der Waals surface area contributed by atoms with E-state index in [1.807, 2.05) is 17.4 Å². The summed E-state index contributed by atoms with van der Waals surface area (Å²) in [5.41, 5.74) is 5.45. The molecule has 10 aromatic rings. The number of rotatable bonds is 1. The van der Waals surface area contributed by atoms with Crippen LogP contribution in [-0.4, -0.2) is 4.57 Å². The number of para-hydroxylation sites is 1. The summed E-state index contributed by atoms with van der Waals surface area (Å²) in [6.07, 6.45) is 0. The standard InChI is InChI=1S/C38H21NOS/c1-2-10-24-22(9-1)17-19-30-34-27-12-3-4-13-28(27)35-29-14-6-8-16-33(29)41-38(35)37(34)39(36(24)30)23-18-20-26-25-11-5-7-15-31(25)40-32(26)21-23/h1-21H. The van der Waals surface area contributed by atoms with Gasteiger partial charge in [-0.3, -0.25) is 0 Å². The van der Waals surface area contributed by atoms with Gasteiger partial charge >= 0.3 is 0 Å². The van der Waals surface area contributed by atoms with E-state index in [1.54, 1.807) is 0 Å². The van der Waals surface area contributed by atoms with Crippen molar-refractivity contribution >= 4 is 96.8 Å². The first-order valence-corrected chi connectivity index (χ1v) is 14.8. The first-order chi connectivity index (χ1) is 20.3. The Bertz CT molecular complexity index is 2700. The van der Waals surface area contributed by atoms with Gasteiger partial charge in [0.1, 0.15) is 11.2 Å². The molecule has 190 valence electrons. The Morgan fingerprint density at radius 1 is 0.463 bits per heavy atom. The minimum Gasteiger partial charge on any atom is -0.456 e. The Morgan fingerprint density at radius 3 is 2.00 bits per heavy atom. The van der Waals surface area contributed by atoms with Crippen molar-refractivity contribution in [2.75, 3.05) is 0 Å². The smallest absolute Gasteiger partial charge is 0.137 e. The molecule has 0 aliphatic heterocycles. The molecule has 3 heterocycles.